The lowest BCUT2D eigenvalue weighted by molar-refractivity contribution is 0.530. The van der Waals surface area contributed by atoms with E-state index in [0.29, 0.717) is 5.41 Å². The van der Waals surface area contributed by atoms with Gasteiger partial charge in [0.25, 0.3) is 0 Å². The van der Waals surface area contributed by atoms with Crippen LogP contribution in [-0.2, 0) is 5.41 Å². The maximum Gasteiger partial charge on any atom is 0.0991 e. The molecule has 3 atom stereocenters. The zero-order valence-electron chi connectivity index (χ0n) is 9.03. The van der Waals surface area contributed by atoms with Crippen molar-refractivity contribution in [3.63, 3.8) is 0 Å². The van der Waals surface area contributed by atoms with Crippen LogP contribution < -0.4 is 0 Å². The summed E-state index contributed by atoms with van der Waals surface area (Å²) in [5, 5.41) is 8.90. The molecule has 2 saturated carbocycles. The van der Waals surface area contributed by atoms with Gasteiger partial charge in [-0.3, -0.25) is 0 Å². The van der Waals surface area contributed by atoms with E-state index in [-0.39, 0.29) is 0 Å². The van der Waals surface area contributed by atoms with Gasteiger partial charge in [-0.2, -0.15) is 5.26 Å². The van der Waals surface area contributed by atoms with Crippen LogP contribution in [0.3, 0.4) is 0 Å². The third kappa shape index (κ3) is 1.14. The van der Waals surface area contributed by atoms with Gasteiger partial charge in [-0.25, -0.2) is 0 Å². The Labute approximate surface area is 90.7 Å². The zero-order valence-corrected chi connectivity index (χ0v) is 9.03. The van der Waals surface area contributed by atoms with Crippen LogP contribution in [0.5, 0.6) is 0 Å². The van der Waals surface area contributed by atoms with Crippen molar-refractivity contribution in [1.82, 2.24) is 0 Å². The molecule has 0 saturated heterocycles. The third-order valence-corrected chi connectivity index (χ3v) is 4.43. The average Bonchev–Trinajstić information content (AvgIpc) is 2.95. The highest BCUT2D eigenvalue weighted by Gasteiger charge is 2.60. The minimum absolute atomic E-state index is 0.465. The van der Waals surface area contributed by atoms with Crippen LogP contribution in [0.15, 0.2) is 24.3 Å². The number of nitriles is 1. The van der Waals surface area contributed by atoms with Crippen molar-refractivity contribution in [1.29, 1.82) is 5.26 Å². The van der Waals surface area contributed by atoms with Crippen molar-refractivity contribution in [2.45, 2.75) is 31.6 Å². The molecular formula is C14H15N. The van der Waals surface area contributed by atoms with Crippen LogP contribution in [0.4, 0.5) is 0 Å². The molecule has 0 N–H and O–H groups in total. The van der Waals surface area contributed by atoms with E-state index in [2.05, 4.69) is 25.1 Å². The fraction of sp³-hybridized carbons (Fsp3) is 0.500. The van der Waals surface area contributed by atoms with E-state index in [1.165, 1.54) is 24.8 Å². The van der Waals surface area contributed by atoms with E-state index < -0.39 is 0 Å². The monoisotopic (exact) mass is 197 g/mol. The largest absolute Gasteiger partial charge is 0.192 e. The summed E-state index contributed by atoms with van der Waals surface area (Å²) >= 11 is 0. The molecule has 2 aliphatic rings. The summed E-state index contributed by atoms with van der Waals surface area (Å²) in [5.41, 5.74) is 2.69. The van der Waals surface area contributed by atoms with Gasteiger partial charge in [0.05, 0.1) is 11.6 Å². The second-order valence-electron chi connectivity index (χ2n) is 5.18. The molecule has 2 unspecified atom stereocenters. The number of rotatable bonds is 1. The van der Waals surface area contributed by atoms with Crippen molar-refractivity contribution in [3.8, 4) is 6.07 Å². The Bertz CT molecular complexity index is 443. The molecule has 0 amide bonds. The molecule has 1 aromatic carbocycles. The Morgan fingerprint density at radius 3 is 2.93 bits per heavy atom. The molecule has 0 bridgehead atoms. The molecule has 1 aromatic rings. The van der Waals surface area contributed by atoms with Gasteiger partial charge in [-0.05, 0) is 54.2 Å². The van der Waals surface area contributed by atoms with Gasteiger partial charge in [0, 0.05) is 0 Å². The molecule has 15 heavy (non-hydrogen) atoms. The van der Waals surface area contributed by atoms with Gasteiger partial charge in [-0.1, -0.05) is 19.1 Å². The molecule has 2 aliphatic carbocycles. The molecule has 0 aliphatic heterocycles. The SMILES string of the molecule is C[C@@H]1CCC2(c3cccc(C#N)c3)CC12. The number of hydrogen-bond donors (Lipinski definition) is 0. The lowest BCUT2D eigenvalue weighted by Crippen LogP contribution is -2.05. The van der Waals surface area contributed by atoms with Gasteiger partial charge in [-0.15, -0.1) is 0 Å². The summed E-state index contributed by atoms with van der Waals surface area (Å²) in [6, 6.07) is 10.5. The van der Waals surface area contributed by atoms with Crippen molar-refractivity contribution >= 4 is 0 Å². The van der Waals surface area contributed by atoms with Crippen LogP contribution in [-0.4, -0.2) is 0 Å². The Balaban J connectivity index is 1.98. The standard InChI is InChI=1S/C14H15N/c1-10-5-6-14(8-13(10)14)12-4-2-3-11(7-12)9-15/h2-4,7,10,13H,5-6,8H2,1H3/t10-,13?,14?/m1/s1. The second-order valence-corrected chi connectivity index (χ2v) is 5.18. The number of hydrogen-bond acceptors (Lipinski definition) is 1. The van der Waals surface area contributed by atoms with Crippen LogP contribution in [0.1, 0.15) is 37.3 Å². The van der Waals surface area contributed by atoms with E-state index in [0.717, 1.165) is 17.4 Å². The minimum Gasteiger partial charge on any atom is -0.192 e. The lowest BCUT2D eigenvalue weighted by Gasteiger charge is -2.12. The average molecular weight is 197 g/mol. The Kier molecular flexibility index (Phi) is 1.71. The van der Waals surface area contributed by atoms with E-state index in [1.807, 2.05) is 12.1 Å². The van der Waals surface area contributed by atoms with Crippen molar-refractivity contribution in [2.24, 2.45) is 11.8 Å². The van der Waals surface area contributed by atoms with Crippen molar-refractivity contribution < 1.29 is 0 Å². The first-order valence-corrected chi connectivity index (χ1v) is 5.77. The summed E-state index contributed by atoms with van der Waals surface area (Å²) in [7, 11) is 0. The molecule has 0 aromatic heterocycles. The van der Waals surface area contributed by atoms with Crippen LogP contribution in [0, 0.1) is 23.2 Å². The van der Waals surface area contributed by atoms with Gasteiger partial charge >= 0.3 is 0 Å². The first kappa shape index (κ1) is 8.97. The smallest absolute Gasteiger partial charge is 0.0991 e. The van der Waals surface area contributed by atoms with Gasteiger partial charge in [0.2, 0.25) is 0 Å². The molecule has 1 nitrogen and oxygen atoms in total. The third-order valence-electron chi connectivity index (χ3n) is 4.43. The van der Waals surface area contributed by atoms with Gasteiger partial charge < -0.3 is 0 Å². The number of fused-ring (bicyclic) bond motifs is 1. The van der Waals surface area contributed by atoms with E-state index in [9.17, 15) is 0 Å². The summed E-state index contributed by atoms with van der Waals surface area (Å²) in [6.07, 6.45) is 4.04. The van der Waals surface area contributed by atoms with Crippen molar-refractivity contribution in [3.05, 3.63) is 35.4 Å². The molecule has 0 radical (unpaired) electrons. The van der Waals surface area contributed by atoms with Crippen LogP contribution in [0.25, 0.3) is 0 Å². The predicted octanol–water partition coefficient (Wildman–Crippen LogP) is 3.25. The van der Waals surface area contributed by atoms with Gasteiger partial charge in [0.1, 0.15) is 0 Å². The fourth-order valence-corrected chi connectivity index (χ4v) is 3.43. The van der Waals surface area contributed by atoms with Crippen LogP contribution >= 0.6 is 0 Å². The Morgan fingerprint density at radius 2 is 2.33 bits per heavy atom. The van der Waals surface area contributed by atoms with E-state index >= 15 is 0 Å². The quantitative estimate of drug-likeness (QED) is 0.678. The lowest BCUT2D eigenvalue weighted by atomic mass is 9.92. The first-order chi connectivity index (χ1) is 7.26. The van der Waals surface area contributed by atoms with Crippen LogP contribution in [0.2, 0.25) is 0 Å². The molecule has 0 heterocycles. The Morgan fingerprint density at radius 1 is 1.47 bits per heavy atom. The van der Waals surface area contributed by atoms with Gasteiger partial charge in [0.15, 0.2) is 0 Å². The maximum atomic E-state index is 8.90. The molecule has 0 spiro atoms. The second kappa shape index (κ2) is 2.85. The van der Waals surface area contributed by atoms with E-state index in [4.69, 9.17) is 5.26 Å². The maximum absolute atomic E-state index is 8.90. The molecule has 1 heteroatoms. The normalized spacial score (nSPS) is 37.1. The summed E-state index contributed by atoms with van der Waals surface area (Å²) < 4.78 is 0. The highest BCUT2D eigenvalue weighted by Crippen LogP contribution is 2.66. The Hall–Kier alpha value is -1.29. The summed E-state index contributed by atoms with van der Waals surface area (Å²) in [6.45, 7) is 2.37. The first-order valence-electron chi connectivity index (χ1n) is 5.77. The molecule has 2 fully saturated rings. The molecule has 76 valence electrons. The topological polar surface area (TPSA) is 23.8 Å². The summed E-state index contributed by atoms with van der Waals surface area (Å²) in [4.78, 5) is 0. The number of nitrogens with zero attached hydrogens (tertiary/aromatic N) is 1. The highest BCUT2D eigenvalue weighted by molar-refractivity contribution is 5.42. The predicted molar refractivity (Wildman–Crippen MR) is 59.3 cm³/mol. The minimum atomic E-state index is 0.465. The summed E-state index contributed by atoms with van der Waals surface area (Å²) in [5.74, 6) is 1.78. The molecular weight excluding hydrogens is 182 g/mol. The fourth-order valence-electron chi connectivity index (χ4n) is 3.43. The highest BCUT2D eigenvalue weighted by atomic mass is 14.6. The number of benzene rings is 1. The zero-order chi connectivity index (χ0) is 10.5. The van der Waals surface area contributed by atoms with Crippen molar-refractivity contribution in [2.75, 3.05) is 0 Å². The van der Waals surface area contributed by atoms with E-state index in [1.54, 1.807) is 0 Å². The molecule has 3 rings (SSSR count).